The lowest BCUT2D eigenvalue weighted by atomic mass is 9.80. The number of esters is 1. The minimum Gasteiger partial charge on any atom is -0.495 e. The number of aromatic nitrogens is 6. The highest BCUT2D eigenvalue weighted by atomic mass is 35.5. The van der Waals surface area contributed by atoms with Crippen molar-refractivity contribution in [1.82, 2.24) is 54.5 Å². The summed E-state index contributed by atoms with van der Waals surface area (Å²) in [6.07, 6.45) is 1.70. The lowest BCUT2D eigenvalue weighted by Gasteiger charge is -2.34. The SMILES string of the molecule is C1CN=C2NCCCN2C1.COC(=O)C1CC(NS(=O)(=O)c2cc(Oc3c(Cl)cc(-n4nc(C(F)F)c(=O)[nH]c4=O)cc3Cl)ccc2OC)C1.COc1ccc(Oc2c(Cl)cc(-n3nc(C(F)F)c(=O)[nH]c3=O)cc2Cl)cc1S(=O)(=O)NC1CC(C(=O)NC2CC2)C1.NC1CC1. The van der Waals surface area contributed by atoms with Crippen LogP contribution in [0.25, 0.3) is 11.4 Å². The maximum absolute atomic E-state index is 13.2. The summed E-state index contributed by atoms with van der Waals surface area (Å²) in [5.74, 6) is -0.276. The molecule has 6 aliphatic rings. The number of fused-ring (bicyclic) bond motifs is 1. The van der Waals surface area contributed by atoms with Gasteiger partial charge in [-0.15, -0.1) is 0 Å². The number of amides is 1. The van der Waals surface area contributed by atoms with E-state index >= 15 is 0 Å². The number of carbonyl (C=O) groups excluding carboxylic acids is 2. The minimum atomic E-state index is -4.13. The third-order valence-corrected chi connectivity index (χ3v) is 19.5. The predicted molar refractivity (Wildman–Crippen MR) is 342 cm³/mol. The van der Waals surface area contributed by atoms with Crippen molar-refractivity contribution in [3.8, 4) is 45.9 Å². The molecular formula is C58H63Cl4F4N13O15S2. The highest BCUT2D eigenvalue weighted by molar-refractivity contribution is 7.90. The van der Waals surface area contributed by atoms with E-state index in [9.17, 15) is 63.2 Å². The molecular weight excluding hydrogens is 1400 g/mol. The molecule has 0 atom stereocenters. The lowest BCUT2D eigenvalue weighted by Crippen LogP contribution is -2.49. The van der Waals surface area contributed by atoms with E-state index in [1.165, 1.54) is 96.5 Å². The van der Waals surface area contributed by atoms with Gasteiger partial charge in [-0.05, 0) is 113 Å². The van der Waals surface area contributed by atoms with Gasteiger partial charge in [0.25, 0.3) is 24.0 Å². The fraction of sp³-hybridized carbons (Fsp3) is 0.431. The van der Waals surface area contributed by atoms with E-state index in [4.69, 9.17) is 71.1 Å². The van der Waals surface area contributed by atoms with Crippen LogP contribution in [0.1, 0.15) is 88.4 Å². The van der Waals surface area contributed by atoms with Crippen LogP contribution in [0.15, 0.2) is 94.6 Å². The average Bonchev–Trinajstić information content (AvgIpc) is 1.35. The van der Waals surface area contributed by atoms with Gasteiger partial charge < -0.3 is 45.0 Å². The molecule has 38 heteroatoms. The van der Waals surface area contributed by atoms with Crippen molar-refractivity contribution in [1.29, 1.82) is 0 Å². The van der Waals surface area contributed by atoms with Gasteiger partial charge in [-0.2, -0.15) is 19.6 Å². The third-order valence-electron chi connectivity index (χ3n) is 15.3. The summed E-state index contributed by atoms with van der Waals surface area (Å²) >= 11 is 25.2. The number of nitrogens with zero attached hydrogens (tertiary/aromatic N) is 6. The van der Waals surface area contributed by atoms with Gasteiger partial charge in [0.2, 0.25) is 26.0 Å². The first-order chi connectivity index (χ1) is 45.6. The molecule has 4 saturated carbocycles. The van der Waals surface area contributed by atoms with Crippen LogP contribution in [0.4, 0.5) is 17.6 Å². The molecule has 4 aromatic carbocycles. The van der Waals surface area contributed by atoms with E-state index in [-0.39, 0.29) is 106 Å². The molecule has 2 aromatic heterocycles. The minimum absolute atomic E-state index is 0.00217. The summed E-state index contributed by atoms with van der Waals surface area (Å²) in [6.45, 7) is 4.52. The number of methoxy groups -OCH3 is 3. The first kappa shape index (κ1) is 72.4. The van der Waals surface area contributed by atoms with Gasteiger partial charge >= 0.3 is 17.3 Å². The fourth-order valence-corrected chi connectivity index (χ4v) is 13.8. The Morgan fingerprint density at radius 1 is 0.625 bits per heavy atom. The van der Waals surface area contributed by atoms with Crippen molar-refractivity contribution in [2.24, 2.45) is 22.6 Å². The number of hydrogen-bond acceptors (Lipinski definition) is 21. The van der Waals surface area contributed by atoms with E-state index < -0.39 is 90.8 Å². The molecule has 518 valence electrons. The maximum Gasteiger partial charge on any atom is 0.349 e. The fourth-order valence-electron chi connectivity index (χ4n) is 9.81. The molecule has 96 heavy (non-hydrogen) atoms. The van der Waals surface area contributed by atoms with Crippen LogP contribution < -0.4 is 67.3 Å². The van der Waals surface area contributed by atoms with E-state index in [1.807, 2.05) is 0 Å². The number of aliphatic imine (C=N–C) groups is 1. The second kappa shape index (κ2) is 31.1. The van der Waals surface area contributed by atoms with Crippen molar-refractivity contribution in [3.05, 3.63) is 134 Å². The Balaban J connectivity index is 0.000000186. The standard InChI is InChI=1S/C25H23Cl2F2N5O7S.C23H20Cl2F2N4O8S.C7H13N3.C3H7N/c1-40-18-5-4-15(10-19(18)42(38,39)33-13-6-11(7-13)23(35)30-12-2-3-12)41-21-16(26)8-14(9-17(21)27)34-25(37)31-24(36)20(32-34)22(28)29;1-37-16-4-3-13(9-17(16)40(35,36)30-11-5-10(6-11)22(33)38-2)39-19-14(24)7-12(8-15(19)25)31-23(34)28-21(32)18(29-31)20(26)27;1-3-8-7-9-4-2-6-10(7)5-1;4-3-1-2-3/h4-5,8-13,22,33H,2-3,6-7H2,1H3,(H,30,35)(H,31,36,37);3-4,7-11,20,30H,5-6H2,1-2H3,(H,28,32,34);1-6H2,(H,8,9);3H,1-2,4H2. The molecule has 0 bridgehead atoms. The van der Waals surface area contributed by atoms with Gasteiger partial charge in [0.1, 0.15) is 32.8 Å². The normalized spacial score (nSPS) is 18.8. The molecule has 4 heterocycles. The number of H-pyrrole nitrogens is 2. The van der Waals surface area contributed by atoms with Gasteiger partial charge in [-0.3, -0.25) is 34.1 Å². The Hall–Kier alpha value is -7.83. The molecule has 2 aliphatic heterocycles. The number of nitrogens with one attached hydrogen (secondary N) is 6. The Morgan fingerprint density at radius 3 is 1.44 bits per heavy atom. The number of nitrogens with two attached hydrogens (primary N) is 1. The summed E-state index contributed by atoms with van der Waals surface area (Å²) in [4.78, 5) is 81.0. The molecule has 12 rings (SSSR count). The van der Waals surface area contributed by atoms with Gasteiger partial charge in [0, 0.05) is 68.4 Å². The van der Waals surface area contributed by atoms with E-state index in [0.717, 1.165) is 56.2 Å². The second-order valence-corrected chi connectivity index (χ2v) is 27.5. The Morgan fingerprint density at radius 2 is 1.05 bits per heavy atom. The molecule has 0 unspecified atom stereocenters. The molecule has 1 amide bonds. The first-order valence-electron chi connectivity index (χ1n) is 29.5. The average molecular weight is 1460 g/mol. The number of alkyl halides is 4. The maximum atomic E-state index is 13.2. The number of halogens is 8. The van der Waals surface area contributed by atoms with Gasteiger partial charge in [-0.1, -0.05) is 46.4 Å². The van der Waals surface area contributed by atoms with E-state index in [2.05, 4.69) is 44.9 Å². The molecule has 6 aromatic rings. The lowest BCUT2D eigenvalue weighted by molar-refractivity contribution is -0.149. The number of ether oxygens (including phenoxy) is 5. The van der Waals surface area contributed by atoms with Crippen LogP contribution in [0.5, 0.6) is 34.5 Å². The van der Waals surface area contributed by atoms with E-state index in [1.54, 1.807) is 9.97 Å². The number of sulfonamides is 2. The van der Waals surface area contributed by atoms with Crippen molar-refractivity contribution < 1.29 is 67.7 Å². The largest absolute Gasteiger partial charge is 0.495 e. The van der Waals surface area contributed by atoms with Crippen LogP contribution in [0, 0.1) is 11.8 Å². The van der Waals surface area contributed by atoms with Crippen molar-refractivity contribution in [2.75, 3.05) is 47.5 Å². The van der Waals surface area contributed by atoms with Gasteiger partial charge in [0.15, 0.2) is 28.8 Å². The predicted octanol–water partition coefficient (Wildman–Crippen LogP) is 6.65. The molecule has 28 nitrogen and oxygen atoms in total. The number of aromatic amines is 2. The number of rotatable bonds is 19. The summed E-state index contributed by atoms with van der Waals surface area (Å²) in [7, 11) is -4.40. The molecule has 4 aliphatic carbocycles. The van der Waals surface area contributed by atoms with Gasteiger partial charge in [0.05, 0.1) is 58.7 Å². The zero-order valence-electron chi connectivity index (χ0n) is 51.0. The molecule has 5 fully saturated rings. The van der Waals surface area contributed by atoms with Crippen LogP contribution in [0.3, 0.4) is 0 Å². The van der Waals surface area contributed by atoms with Crippen molar-refractivity contribution in [3.63, 3.8) is 0 Å². The molecule has 1 saturated heterocycles. The Bertz CT molecular complexity index is 4370. The highest BCUT2D eigenvalue weighted by Gasteiger charge is 2.41. The summed E-state index contributed by atoms with van der Waals surface area (Å²) in [5.41, 5.74) is -2.34. The second-order valence-electron chi connectivity index (χ2n) is 22.5. The van der Waals surface area contributed by atoms with Crippen LogP contribution in [0.2, 0.25) is 20.1 Å². The summed E-state index contributed by atoms with van der Waals surface area (Å²) < 4.78 is 138. The highest BCUT2D eigenvalue weighted by Crippen LogP contribution is 2.43. The number of benzene rings is 4. The van der Waals surface area contributed by atoms with Crippen molar-refractivity contribution >= 4 is 84.3 Å². The number of carbonyl (C=O) groups is 2. The summed E-state index contributed by atoms with van der Waals surface area (Å²) in [6, 6.07) is 12.3. The number of hydrogen-bond donors (Lipinski definition) is 7. The number of guanidine groups is 1. The Labute approximate surface area is 564 Å². The first-order valence-corrected chi connectivity index (χ1v) is 34.0. The topological polar surface area (TPSA) is 374 Å². The van der Waals surface area contributed by atoms with Crippen LogP contribution in [-0.2, 0) is 34.4 Å². The molecule has 8 N–H and O–H groups in total. The quantitative estimate of drug-likeness (QED) is 0.0330. The monoisotopic (exact) mass is 1460 g/mol. The van der Waals surface area contributed by atoms with Gasteiger partial charge in [-0.25, -0.2) is 53.4 Å². The molecule has 0 radical (unpaired) electrons. The Kier molecular flexibility index (Phi) is 23.5. The third kappa shape index (κ3) is 18.0. The summed E-state index contributed by atoms with van der Waals surface area (Å²) in [5, 5.41) is 12.3. The van der Waals surface area contributed by atoms with E-state index in [0.29, 0.717) is 28.2 Å². The smallest absolute Gasteiger partial charge is 0.349 e. The zero-order chi connectivity index (χ0) is 69.5. The van der Waals surface area contributed by atoms with Crippen LogP contribution >= 0.6 is 46.4 Å². The van der Waals surface area contributed by atoms with Crippen molar-refractivity contribution in [2.45, 2.75) is 111 Å². The molecule has 0 spiro atoms. The zero-order valence-corrected chi connectivity index (χ0v) is 55.7. The van der Waals surface area contributed by atoms with Crippen LogP contribution in [-0.4, -0.2) is 141 Å².